The van der Waals surface area contributed by atoms with E-state index >= 15 is 0 Å². The molecule has 60 valence electrons. The van der Waals surface area contributed by atoms with Gasteiger partial charge in [0.1, 0.15) is 5.75 Å². The number of aliphatic carboxylic acids is 1. The monoisotopic (exact) mass is 192 g/mol. The Labute approximate surface area is 70.8 Å². The SMILES string of the molecule is O=C(O)CSc1n[nH]c(=S)o1. The van der Waals surface area contributed by atoms with Gasteiger partial charge in [-0.1, -0.05) is 11.8 Å². The minimum atomic E-state index is -0.917. The summed E-state index contributed by atoms with van der Waals surface area (Å²) in [6.45, 7) is 0. The molecule has 0 saturated heterocycles. The van der Waals surface area contributed by atoms with Crippen molar-refractivity contribution in [2.45, 2.75) is 5.22 Å². The number of carboxylic acid groups (broad SMARTS) is 1. The molecule has 0 aliphatic carbocycles. The summed E-state index contributed by atoms with van der Waals surface area (Å²) < 4.78 is 4.78. The Kier molecular flexibility index (Phi) is 2.66. The molecule has 5 nitrogen and oxygen atoms in total. The van der Waals surface area contributed by atoms with Gasteiger partial charge in [0.05, 0.1) is 0 Å². The predicted octanol–water partition coefficient (Wildman–Crippen LogP) is 0.909. The van der Waals surface area contributed by atoms with E-state index in [0.29, 0.717) is 0 Å². The summed E-state index contributed by atoms with van der Waals surface area (Å²) >= 11 is 5.54. The van der Waals surface area contributed by atoms with Crippen LogP contribution < -0.4 is 0 Å². The molecule has 0 spiro atoms. The molecule has 2 N–H and O–H groups in total. The molecule has 0 aliphatic heterocycles. The van der Waals surface area contributed by atoms with Crippen LogP contribution in [0.5, 0.6) is 0 Å². The van der Waals surface area contributed by atoms with Gasteiger partial charge in [-0.15, -0.1) is 5.10 Å². The Morgan fingerprint density at radius 2 is 2.64 bits per heavy atom. The van der Waals surface area contributed by atoms with Crippen LogP contribution >= 0.6 is 24.0 Å². The van der Waals surface area contributed by atoms with E-state index in [0.717, 1.165) is 11.8 Å². The first kappa shape index (κ1) is 8.28. The summed E-state index contributed by atoms with van der Waals surface area (Å²) in [5.41, 5.74) is 0. The van der Waals surface area contributed by atoms with Crippen LogP contribution in [-0.4, -0.2) is 27.0 Å². The second-order valence-electron chi connectivity index (χ2n) is 1.56. The average molecular weight is 192 g/mol. The van der Waals surface area contributed by atoms with Gasteiger partial charge in [0, 0.05) is 0 Å². The number of hydrogen-bond acceptors (Lipinski definition) is 5. The lowest BCUT2D eigenvalue weighted by molar-refractivity contribution is -0.133. The molecule has 0 aromatic carbocycles. The lowest BCUT2D eigenvalue weighted by Gasteiger charge is -1.86. The fraction of sp³-hybridized carbons (Fsp3) is 0.250. The molecule has 0 atom stereocenters. The lowest BCUT2D eigenvalue weighted by atomic mass is 10.8. The summed E-state index contributed by atoms with van der Waals surface area (Å²) in [4.78, 5) is 10.2. The first-order valence-electron chi connectivity index (χ1n) is 2.58. The van der Waals surface area contributed by atoms with E-state index in [1.54, 1.807) is 0 Å². The zero-order valence-electron chi connectivity index (χ0n) is 5.23. The molecule has 1 aromatic heterocycles. The number of aromatic amines is 1. The standard InChI is InChI=1S/C4H4N2O3S2/c7-2(8)1-11-4-6-5-3(10)9-4/h1H2,(H,5,10)(H,7,8). The van der Waals surface area contributed by atoms with Gasteiger partial charge in [-0.3, -0.25) is 4.79 Å². The maximum absolute atomic E-state index is 10.1. The van der Waals surface area contributed by atoms with Gasteiger partial charge in [-0.05, 0) is 12.2 Å². The molecule has 0 aliphatic rings. The van der Waals surface area contributed by atoms with Crippen LogP contribution in [-0.2, 0) is 4.79 Å². The number of nitrogens with one attached hydrogen (secondary N) is 1. The van der Waals surface area contributed by atoms with Gasteiger partial charge in [-0.2, -0.15) is 0 Å². The highest BCUT2D eigenvalue weighted by Crippen LogP contribution is 2.13. The Morgan fingerprint density at radius 1 is 1.91 bits per heavy atom. The molecule has 0 saturated carbocycles. The quantitative estimate of drug-likeness (QED) is 0.547. The Morgan fingerprint density at radius 3 is 3.09 bits per heavy atom. The molecule has 1 rings (SSSR count). The van der Waals surface area contributed by atoms with Crippen LogP contribution in [0.4, 0.5) is 0 Å². The van der Waals surface area contributed by atoms with E-state index in [1.165, 1.54) is 0 Å². The van der Waals surface area contributed by atoms with Crippen LogP contribution in [0.1, 0.15) is 0 Å². The van der Waals surface area contributed by atoms with Crippen molar-refractivity contribution < 1.29 is 14.3 Å². The number of carbonyl (C=O) groups is 1. The topological polar surface area (TPSA) is 79.1 Å². The zero-order valence-corrected chi connectivity index (χ0v) is 6.87. The molecule has 0 amide bonds. The van der Waals surface area contributed by atoms with Crippen LogP contribution in [0.3, 0.4) is 0 Å². The van der Waals surface area contributed by atoms with E-state index < -0.39 is 5.97 Å². The summed E-state index contributed by atoms with van der Waals surface area (Å²) in [6, 6.07) is 0. The summed E-state index contributed by atoms with van der Waals surface area (Å²) in [5.74, 6) is -0.998. The van der Waals surface area contributed by atoms with Gasteiger partial charge < -0.3 is 9.52 Å². The highest BCUT2D eigenvalue weighted by atomic mass is 32.2. The lowest BCUT2D eigenvalue weighted by Crippen LogP contribution is -1.97. The third-order valence-electron chi connectivity index (χ3n) is 0.738. The Hall–Kier alpha value is -0.820. The molecule has 0 unspecified atom stereocenters. The summed E-state index contributed by atoms with van der Waals surface area (Å²) in [7, 11) is 0. The van der Waals surface area contributed by atoms with Crippen molar-refractivity contribution in [3.05, 3.63) is 4.84 Å². The smallest absolute Gasteiger partial charge is 0.314 e. The fourth-order valence-electron chi connectivity index (χ4n) is 0.401. The van der Waals surface area contributed by atoms with Crippen molar-refractivity contribution in [1.29, 1.82) is 0 Å². The van der Waals surface area contributed by atoms with Crippen molar-refractivity contribution in [3.63, 3.8) is 0 Å². The van der Waals surface area contributed by atoms with Gasteiger partial charge >= 0.3 is 5.97 Å². The summed E-state index contributed by atoms with van der Waals surface area (Å²) in [5, 5.41) is 14.5. The molecule has 7 heteroatoms. The van der Waals surface area contributed by atoms with E-state index in [1.807, 2.05) is 0 Å². The molecule has 1 heterocycles. The minimum Gasteiger partial charge on any atom is -0.481 e. The maximum Gasteiger partial charge on any atom is 0.314 e. The molecular formula is C4H4N2O3S2. The van der Waals surface area contributed by atoms with Gasteiger partial charge in [0.25, 0.3) is 10.1 Å². The average Bonchev–Trinajstić information content (AvgIpc) is 2.31. The number of thioether (sulfide) groups is 1. The Balaban J connectivity index is 2.51. The third-order valence-corrected chi connectivity index (χ3v) is 1.73. The molecular weight excluding hydrogens is 188 g/mol. The minimum absolute atomic E-state index is 0.0802. The number of nitrogens with zero attached hydrogens (tertiary/aromatic N) is 1. The van der Waals surface area contributed by atoms with E-state index in [-0.39, 0.29) is 15.8 Å². The first-order chi connectivity index (χ1) is 5.18. The molecule has 0 radical (unpaired) electrons. The highest BCUT2D eigenvalue weighted by Gasteiger charge is 2.03. The maximum atomic E-state index is 10.1. The number of rotatable bonds is 3. The van der Waals surface area contributed by atoms with E-state index in [4.69, 9.17) is 9.52 Å². The van der Waals surface area contributed by atoms with E-state index in [2.05, 4.69) is 22.4 Å². The number of carboxylic acids is 1. The normalized spacial score (nSPS) is 9.82. The number of H-pyrrole nitrogens is 1. The van der Waals surface area contributed by atoms with Crippen molar-refractivity contribution in [2.24, 2.45) is 0 Å². The van der Waals surface area contributed by atoms with Gasteiger partial charge in [0.15, 0.2) is 0 Å². The van der Waals surface area contributed by atoms with Crippen molar-refractivity contribution in [3.8, 4) is 0 Å². The first-order valence-corrected chi connectivity index (χ1v) is 3.98. The fourth-order valence-corrected chi connectivity index (χ4v) is 1.08. The van der Waals surface area contributed by atoms with Crippen LogP contribution in [0, 0.1) is 4.84 Å². The summed E-state index contributed by atoms with van der Waals surface area (Å²) in [6.07, 6.45) is 0. The number of aromatic nitrogens is 2. The third kappa shape index (κ3) is 2.72. The number of hydrogen-bond donors (Lipinski definition) is 2. The van der Waals surface area contributed by atoms with E-state index in [9.17, 15) is 4.79 Å². The van der Waals surface area contributed by atoms with Gasteiger partial charge in [-0.25, -0.2) is 5.10 Å². The second-order valence-corrected chi connectivity index (χ2v) is 2.86. The second kappa shape index (κ2) is 3.54. The van der Waals surface area contributed by atoms with Crippen LogP contribution in [0.15, 0.2) is 9.64 Å². The van der Waals surface area contributed by atoms with Crippen LogP contribution in [0.25, 0.3) is 0 Å². The molecule has 11 heavy (non-hydrogen) atoms. The molecule has 0 fully saturated rings. The van der Waals surface area contributed by atoms with Gasteiger partial charge in [0.2, 0.25) is 0 Å². The predicted molar refractivity (Wildman–Crippen MR) is 40.0 cm³/mol. The zero-order chi connectivity index (χ0) is 8.27. The van der Waals surface area contributed by atoms with Crippen LogP contribution in [0.2, 0.25) is 0 Å². The highest BCUT2D eigenvalue weighted by molar-refractivity contribution is 7.99. The molecule has 1 aromatic rings. The Bertz CT molecular complexity index is 304. The molecule has 0 bridgehead atoms. The van der Waals surface area contributed by atoms with Crippen molar-refractivity contribution in [1.82, 2.24) is 10.2 Å². The van der Waals surface area contributed by atoms with Crippen molar-refractivity contribution in [2.75, 3.05) is 5.75 Å². The largest absolute Gasteiger partial charge is 0.481 e. The van der Waals surface area contributed by atoms with Crippen molar-refractivity contribution >= 4 is 29.9 Å².